The molecule has 3 rings (SSSR count). The summed E-state index contributed by atoms with van der Waals surface area (Å²) in [5.74, 6) is 0.330. The maximum atomic E-state index is 12.6. The van der Waals surface area contributed by atoms with E-state index in [1.54, 1.807) is 11.3 Å². The van der Waals surface area contributed by atoms with E-state index >= 15 is 0 Å². The van der Waals surface area contributed by atoms with Crippen molar-refractivity contribution in [2.45, 2.75) is 57.4 Å². The average Bonchev–Trinajstić information content (AvgIpc) is 3.10. The Kier molecular flexibility index (Phi) is 5.84. The predicted octanol–water partition coefficient (Wildman–Crippen LogP) is 3.46. The van der Waals surface area contributed by atoms with Gasteiger partial charge in [-0.2, -0.15) is 0 Å². The summed E-state index contributed by atoms with van der Waals surface area (Å²) in [4.78, 5) is 21.7. The number of hydrogen-bond acceptors (Lipinski definition) is 4. The van der Waals surface area contributed by atoms with Crippen LogP contribution in [0, 0.1) is 0 Å². The molecule has 1 unspecified atom stereocenters. The van der Waals surface area contributed by atoms with E-state index in [1.807, 2.05) is 11.6 Å². The topological polar surface area (TPSA) is 36.4 Å². The number of carbonyl (C=O) groups excluding carboxylic acids is 1. The molecule has 2 aliphatic heterocycles. The third kappa shape index (κ3) is 4.07. The van der Waals surface area contributed by atoms with Gasteiger partial charge in [0.2, 0.25) is 5.91 Å². The van der Waals surface area contributed by atoms with E-state index in [9.17, 15) is 4.79 Å². The van der Waals surface area contributed by atoms with Crippen LogP contribution in [0.2, 0.25) is 0 Å². The Labute approximate surface area is 137 Å². The summed E-state index contributed by atoms with van der Waals surface area (Å²) in [6, 6.07) is 0.233. The van der Waals surface area contributed by atoms with Crippen LogP contribution in [0.15, 0.2) is 11.6 Å². The van der Waals surface area contributed by atoms with E-state index in [-0.39, 0.29) is 6.04 Å². The third-order valence-corrected chi connectivity index (χ3v) is 5.75. The lowest BCUT2D eigenvalue weighted by Gasteiger charge is -2.35. The normalized spacial score (nSPS) is 23.6. The van der Waals surface area contributed by atoms with Gasteiger partial charge in [-0.3, -0.25) is 4.79 Å². The molecule has 0 bridgehead atoms. The summed E-state index contributed by atoms with van der Waals surface area (Å²) < 4.78 is 0. The Morgan fingerprint density at radius 2 is 2.00 bits per heavy atom. The zero-order valence-electron chi connectivity index (χ0n) is 13.4. The van der Waals surface area contributed by atoms with E-state index < -0.39 is 0 Å². The van der Waals surface area contributed by atoms with Gasteiger partial charge in [-0.15, -0.1) is 11.3 Å². The lowest BCUT2D eigenvalue weighted by Crippen LogP contribution is -2.39. The molecular weight excluding hydrogens is 294 g/mol. The molecule has 2 fully saturated rings. The van der Waals surface area contributed by atoms with Gasteiger partial charge < -0.3 is 9.80 Å². The molecule has 1 amide bonds. The van der Waals surface area contributed by atoms with E-state index in [4.69, 9.17) is 0 Å². The molecule has 1 aromatic rings. The van der Waals surface area contributed by atoms with Crippen LogP contribution in [0.25, 0.3) is 0 Å². The summed E-state index contributed by atoms with van der Waals surface area (Å²) in [6.45, 7) is 4.44. The van der Waals surface area contributed by atoms with Crippen LogP contribution in [0.5, 0.6) is 0 Å². The first-order valence-corrected chi connectivity index (χ1v) is 9.64. The molecule has 122 valence electrons. The van der Waals surface area contributed by atoms with Gasteiger partial charge in [0.15, 0.2) is 0 Å². The quantitative estimate of drug-likeness (QED) is 0.833. The second-order valence-electron chi connectivity index (χ2n) is 6.47. The van der Waals surface area contributed by atoms with Crippen LogP contribution in [-0.4, -0.2) is 46.9 Å². The summed E-state index contributed by atoms with van der Waals surface area (Å²) in [5.41, 5.74) is 0. The molecule has 1 atom stereocenters. The second kappa shape index (κ2) is 8.06. The fourth-order valence-electron chi connectivity index (χ4n) is 3.67. The fourth-order valence-corrected chi connectivity index (χ4v) is 4.45. The highest BCUT2D eigenvalue weighted by atomic mass is 32.1. The van der Waals surface area contributed by atoms with Crippen LogP contribution in [-0.2, 0) is 4.79 Å². The Hall–Kier alpha value is -0.940. The van der Waals surface area contributed by atoms with Gasteiger partial charge in [-0.1, -0.05) is 6.42 Å². The number of piperidine rings is 2. The molecule has 1 aromatic heterocycles. The van der Waals surface area contributed by atoms with E-state index in [0.29, 0.717) is 12.3 Å². The van der Waals surface area contributed by atoms with Gasteiger partial charge in [0.25, 0.3) is 0 Å². The number of amides is 1. The standard InChI is InChI=1S/C17H27N3OS/c21-16(8-6-12-19-10-3-1-4-11-19)20-13-5-2-7-15(20)17-18-9-14-22-17/h9,14-15H,1-8,10-13H2. The SMILES string of the molecule is O=C(CCCN1CCCCC1)N1CCCCC1c1nccs1. The average molecular weight is 321 g/mol. The van der Waals surface area contributed by atoms with Crippen LogP contribution >= 0.6 is 11.3 Å². The molecule has 2 aliphatic rings. The summed E-state index contributed by atoms with van der Waals surface area (Å²) in [7, 11) is 0. The number of rotatable bonds is 5. The van der Waals surface area contributed by atoms with Crippen LogP contribution < -0.4 is 0 Å². The van der Waals surface area contributed by atoms with Gasteiger partial charge >= 0.3 is 0 Å². The Morgan fingerprint density at radius 1 is 1.18 bits per heavy atom. The highest BCUT2D eigenvalue weighted by molar-refractivity contribution is 7.09. The van der Waals surface area contributed by atoms with Crippen molar-refractivity contribution in [2.75, 3.05) is 26.2 Å². The summed E-state index contributed by atoms with van der Waals surface area (Å²) in [5, 5.41) is 3.13. The first-order valence-electron chi connectivity index (χ1n) is 8.76. The number of nitrogens with zero attached hydrogens (tertiary/aromatic N) is 3. The number of thiazole rings is 1. The number of aromatic nitrogens is 1. The van der Waals surface area contributed by atoms with Crippen LogP contribution in [0.1, 0.15) is 62.4 Å². The van der Waals surface area contributed by atoms with Gasteiger partial charge in [0, 0.05) is 24.5 Å². The second-order valence-corrected chi connectivity index (χ2v) is 7.40. The van der Waals surface area contributed by atoms with Gasteiger partial charge in [-0.25, -0.2) is 4.98 Å². The lowest BCUT2D eigenvalue weighted by molar-refractivity contribution is -0.135. The minimum absolute atomic E-state index is 0.233. The number of carbonyl (C=O) groups is 1. The van der Waals surface area contributed by atoms with E-state index in [0.717, 1.165) is 37.4 Å². The van der Waals surface area contributed by atoms with Gasteiger partial charge in [-0.05, 0) is 58.2 Å². The van der Waals surface area contributed by atoms with Crippen molar-refractivity contribution >= 4 is 17.2 Å². The molecule has 22 heavy (non-hydrogen) atoms. The molecular formula is C17H27N3OS. The highest BCUT2D eigenvalue weighted by Crippen LogP contribution is 2.32. The van der Waals surface area contributed by atoms with Gasteiger partial charge in [0.05, 0.1) is 6.04 Å². The molecule has 4 nitrogen and oxygen atoms in total. The van der Waals surface area contributed by atoms with Crippen molar-refractivity contribution < 1.29 is 4.79 Å². The molecule has 3 heterocycles. The minimum Gasteiger partial charge on any atom is -0.333 e. The molecule has 2 saturated heterocycles. The van der Waals surface area contributed by atoms with Crippen LogP contribution in [0.4, 0.5) is 0 Å². The van der Waals surface area contributed by atoms with Crippen LogP contribution in [0.3, 0.4) is 0 Å². The zero-order valence-corrected chi connectivity index (χ0v) is 14.2. The first kappa shape index (κ1) is 15.9. The number of likely N-dealkylation sites (tertiary alicyclic amines) is 2. The number of hydrogen-bond donors (Lipinski definition) is 0. The Balaban J connectivity index is 1.49. The molecule has 0 aromatic carbocycles. The van der Waals surface area contributed by atoms with Crippen molar-refractivity contribution in [3.63, 3.8) is 0 Å². The maximum Gasteiger partial charge on any atom is 0.223 e. The third-order valence-electron chi connectivity index (χ3n) is 4.87. The molecule has 5 heteroatoms. The van der Waals surface area contributed by atoms with Crippen molar-refractivity contribution in [1.29, 1.82) is 0 Å². The Bertz CT molecular complexity index is 456. The molecule has 0 N–H and O–H groups in total. The smallest absolute Gasteiger partial charge is 0.223 e. The van der Waals surface area contributed by atoms with Crippen molar-refractivity contribution in [1.82, 2.24) is 14.8 Å². The Morgan fingerprint density at radius 3 is 2.77 bits per heavy atom. The summed E-state index contributed by atoms with van der Waals surface area (Å²) in [6.07, 6.45) is 11.0. The molecule has 0 aliphatic carbocycles. The molecule has 0 spiro atoms. The van der Waals surface area contributed by atoms with Gasteiger partial charge in [0.1, 0.15) is 5.01 Å². The molecule has 0 radical (unpaired) electrons. The minimum atomic E-state index is 0.233. The maximum absolute atomic E-state index is 12.6. The van der Waals surface area contributed by atoms with Crippen molar-refractivity contribution in [3.8, 4) is 0 Å². The molecule has 0 saturated carbocycles. The predicted molar refractivity (Wildman–Crippen MR) is 89.9 cm³/mol. The lowest BCUT2D eigenvalue weighted by atomic mass is 10.0. The first-order chi connectivity index (χ1) is 10.8. The largest absolute Gasteiger partial charge is 0.333 e. The van der Waals surface area contributed by atoms with E-state index in [2.05, 4.69) is 14.8 Å². The fraction of sp³-hybridized carbons (Fsp3) is 0.765. The van der Waals surface area contributed by atoms with Crippen molar-refractivity contribution in [3.05, 3.63) is 16.6 Å². The monoisotopic (exact) mass is 321 g/mol. The summed E-state index contributed by atoms with van der Waals surface area (Å²) >= 11 is 1.68. The zero-order chi connectivity index (χ0) is 15.2. The van der Waals surface area contributed by atoms with E-state index in [1.165, 1.54) is 38.8 Å². The van der Waals surface area contributed by atoms with Crippen molar-refractivity contribution in [2.24, 2.45) is 0 Å². The highest BCUT2D eigenvalue weighted by Gasteiger charge is 2.29.